The maximum absolute atomic E-state index is 12.2. The molecule has 1 aromatic carbocycles. The monoisotopic (exact) mass is 320 g/mol. The van der Waals surface area contributed by atoms with E-state index in [0.29, 0.717) is 16.3 Å². The highest BCUT2D eigenvalue weighted by Crippen LogP contribution is 2.18. The van der Waals surface area contributed by atoms with Crippen LogP contribution in [-0.2, 0) is 11.8 Å². The molecule has 0 radical (unpaired) electrons. The number of aryl methyl sites for hydroxylation is 2. The molecule has 1 heterocycles. The van der Waals surface area contributed by atoms with E-state index in [9.17, 15) is 9.59 Å². The fraction of sp³-hybridized carbons (Fsp3) is 0.250. The molecule has 2 aromatic rings. The summed E-state index contributed by atoms with van der Waals surface area (Å²) in [5.41, 5.74) is 0.700. The highest BCUT2D eigenvalue weighted by atomic mass is 35.5. The van der Waals surface area contributed by atoms with Gasteiger partial charge in [0.15, 0.2) is 6.10 Å². The zero-order chi connectivity index (χ0) is 16.3. The number of halogens is 1. The van der Waals surface area contributed by atoms with E-state index in [-0.39, 0.29) is 11.2 Å². The summed E-state index contributed by atoms with van der Waals surface area (Å²) in [7, 11) is 1.63. The van der Waals surface area contributed by atoms with Gasteiger partial charge >= 0.3 is 0 Å². The van der Waals surface area contributed by atoms with Crippen LogP contribution in [0.5, 0.6) is 5.75 Å². The zero-order valence-corrected chi connectivity index (χ0v) is 13.3. The summed E-state index contributed by atoms with van der Waals surface area (Å²) >= 11 is 5.87. The van der Waals surface area contributed by atoms with Crippen molar-refractivity contribution >= 4 is 23.2 Å². The number of aromatic nitrogens is 1. The van der Waals surface area contributed by atoms with Crippen LogP contribution < -0.4 is 15.6 Å². The van der Waals surface area contributed by atoms with Crippen LogP contribution in [0.4, 0.5) is 5.69 Å². The van der Waals surface area contributed by atoms with Gasteiger partial charge in [-0.2, -0.15) is 0 Å². The largest absolute Gasteiger partial charge is 0.481 e. The Kier molecular flexibility index (Phi) is 4.88. The Morgan fingerprint density at radius 2 is 2.09 bits per heavy atom. The molecule has 1 atom stereocenters. The van der Waals surface area contributed by atoms with Gasteiger partial charge < -0.3 is 14.6 Å². The molecule has 5 nitrogen and oxygen atoms in total. The Morgan fingerprint density at radius 1 is 1.36 bits per heavy atom. The highest BCUT2D eigenvalue weighted by molar-refractivity contribution is 6.30. The minimum Gasteiger partial charge on any atom is -0.481 e. The van der Waals surface area contributed by atoms with Crippen LogP contribution in [0.3, 0.4) is 0 Å². The molecule has 116 valence electrons. The molecule has 0 aliphatic heterocycles. The molecule has 0 bridgehead atoms. The van der Waals surface area contributed by atoms with Crippen molar-refractivity contribution in [3.05, 3.63) is 57.5 Å². The lowest BCUT2D eigenvalue weighted by molar-refractivity contribution is -0.122. The van der Waals surface area contributed by atoms with Gasteiger partial charge in [-0.15, -0.1) is 0 Å². The van der Waals surface area contributed by atoms with Gasteiger partial charge in [-0.3, -0.25) is 9.59 Å². The molecule has 22 heavy (non-hydrogen) atoms. The van der Waals surface area contributed by atoms with Crippen molar-refractivity contribution < 1.29 is 9.53 Å². The molecule has 0 spiro atoms. The van der Waals surface area contributed by atoms with Crippen LogP contribution in [0.2, 0.25) is 5.02 Å². The van der Waals surface area contributed by atoms with E-state index < -0.39 is 12.0 Å². The second-order valence-electron chi connectivity index (χ2n) is 5.00. The van der Waals surface area contributed by atoms with E-state index >= 15 is 0 Å². The lowest BCUT2D eigenvalue weighted by Gasteiger charge is -2.16. The first-order valence-corrected chi connectivity index (χ1v) is 7.15. The highest BCUT2D eigenvalue weighted by Gasteiger charge is 2.17. The fourth-order valence-electron chi connectivity index (χ4n) is 1.89. The third-order valence-corrected chi connectivity index (χ3v) is 3.44. The summed E-state index contributed by atoms with van der Waals surface area (Å²) < 4.78 is 6.94. The van der Waals surface area contributed by atoms with Crippen molar-refractivity contribution in [2.45, 2.75) is 20.0 Å². The molecule has 0 saturated carbocycles. The number of amides is 1. The van der Waals surface area contributed by atoms with Gasteiger partial charge in [-0.25, -0.2) is 0 Å². The summed E-state index contributed by atoms with van der Waals surface area (Å²) in [6.45, 7) is 3.37. The number of carbonyl (C=O) groups excluding carboxylic acids is 1. The third kappa shape index (κ3) is 3.68. The Labute approximate surface area is 133 Å². The summed E-state index contributed by atoms with van der Waals surface area (Å²) in [6.07, 6.45) is 0.891. The minimum atomic E-state index is -0.761. The number of rotatable bonds is 4. The number of hydrogen-bond donors (Lipinski definition) is 1. The van der Waals surface area contributed by atoms with E-state index in [1.807, 2.05) is 0 Å². The van der Waals surface area contributed by atoms with Gasteiger partial charge in [0, 0.05) is 18.3 Å². The van der Waals surface area contributed by atoms with Crippen LogP contribution in [0.25, 0.3) is 0 Å². The van der Waals surface area contributed by atoms with E-state index in [2.05, 4.69) is 5.32 Å². The average molecular weight is 321 g/mol. The van der Waals surface area contributed by atoms with E-state index in [1.54, 1.807) is 57.4 Å². The van der Waals surface area contributed by atoms with Crippen LogP contribution in [0.1, 0.15) is 12.5 Å². The number of carbonyl (C=O) groups is 1. The number of benzene rings is 1. The van der Waals surface area contributed by atoms with Crippen molar-refractivity contribution in [2.75, 3.05) is 5.32 Å². The molecule has 0 aliphatic rings. The van der Waals surface area contributed by atoms with Crippen LogP contribution in [0, 0.1) is 6.92 Å². The predicted octanol–water partition coefficient (Wildman–Crippen LogP) is 2.75. The van der Waals surface area contributed by atoms with Crippen molar-refractivity contribution in [2.24, 2.45) is 7.05 Å². The Hall–Kier alpha value is -2.27. The van der Waals surface area contributed by atoms with Crippen molar-refractivity contribution in [3.8, 4) is 5.75 Å². The summed E-state index contributed by atoms with van der Waals surface area (Å²) in [5, 5.41) is 3.15. The topological polar surface area (TPSA) is 60.3 Å². The van der Waals surface area contributed by atoms with Gasteiger partial charge in [-0.1, -0.05) is 17.7 Å². The molecule has 1 amide bonds. The second-order valence-corrected chi connectivity index (χ2v) is 5.43. The minimum absolute atomic E-state index is 0.261. The number of anilines is 1. The van der Waals surface area contributed by atoms with Crippen LogP contribution >= 0.6 is 11.6 Å². The maximum Gasteiger partial charge on any atom is 0.274 e. The maximum atomic E-state index is 12.2. The number of pyridine rings is 1. The lowest BCUT2D eigenvalue weighted by atomic mass is 10.2. The smallest absolute Gasteiger partial charge is 0.274 e. The van der Waals surface area contributed by atoms with Gasteiger partial charge in [0.25, 0.3) is 11.5 Å². The van der Waals surface area contributed by atoms with Gasteiger partial charge in [-0.05, 0) is 43.7 Å². The molecule has 2 rings (SSSR count). The average Bonchev–Trinajstić information content (AvgIpc) is 2.47. The SMILES string of the molecule is Cc1ccn(C)c(=O)c1NC(=O)[C@H](C)Oc1cccc(Cl)c1. The number of nitrogens with zero attached hydrogens (tertiary/aromatic N) is 1. The van der Waals surface area contributed by atoms with E-state index in [1.165, 1.54) is 4.57 Å². The van der Waals surface area contributed by atoms with E-state index in [0.717, 1.165) is 0 Å². The normalized spacial score (nSPS) is 11.8. The van der Waals surface area contributed by atoms with Crippen molar-refractivity contribution in [3.63, 3.8) is 0 Å². The number of ether oxygens (including phenoxy) is 1. The molecular weight excluding hydrogens is 304 g/mol. The lowest BCUT2D eigenvalue weighted by Crippen LogP contribution is -2.33. The number of hydrogen-bond acceptors (Lipinski definition) is 3. The Bertz CT molecular complexity index is 755. The Balaban J connectivity index is 2.12. The molecular formula is C16H17ClN2O3. The van der Waals surface area contributed by atoms with Crippen LogP contribution in [0.15, 0.2) is 41.3 Å². The Morgan fingerprint density at radius 3 is 2.77 bits per heavy atom. The molecule has 0 aliphatic carbocycles. The van der Waals surface area contributed by atoms with Gasteiger partial charge in [0.1, 0.15) is 11.4 Å². The standard InChI is InChI=1S/C16H17ClN2O3/c1-10-7-8-19(3)16(21)14(10)18-15(20)11(2)22-13-6-4-5-12(17)9-13/h4-9,11H,1-3H3,(H,18,20)/t11-/m0/s1. The van der Waals surface area contributed by atoms with E-state index in [4.69, 9.17) is 16.3 Å². The van der Waals surface area contributed by atoms with Crippen molar-refractivity contribution in [1.29, 1.82) is 0 Å². The van der Waals surface area contributed by atoms with Crippen molar-refractivity contribution in [1.82, 2.24) is 4.57 Å². The first kappa shape index (κ1) is 16.1. The summed E-state index contributed by atoms with van der Waals surface area (Å²) in [5.74, 6) is 0.0965. The molecule has 1 aromatic heterocycles. The van der Waals surface area contributed by atoms with Gasteiger partial charge in [0.05, 0.1) is 0 Å². The molecule has 0 unspecified atom stereocenters. The second kappa shape index (κ2) is 6.66. The first-order valence-electron chi connectivity index (χ1n) is 6.78. The fourth-order valence-corrected chi connectivity index (χ4v) is 2.07. The quantitative estimate of drug-likeness (QED) is 0.942. The summed E-state index contributed by atoms with van der Waals surface area (Å²) in [6, 6.07) is 8.55. The molecule has 0 saturated heterocycles. The molecule has 6 heteroatoms. The van der Waals surface area contributed by atoms with Crippen LogP contribution in [-0.4, -0.2) is 16.6 Å². The first-order chi connectivity index (χ1) is 10.4. The zero-order valence-electron chi connectivity index (χ0n) is 12.6. The third-order valence-electron chi connectivity index (χ3n) is 3.20. The molecule has 0 fully saturated rings. The molecule has 1 N–H and O–H groups in total. The summed E-state index contributed by atoms with van der Waals surface area (Å²) in [4.78, 5) is 24.2. The number of nitrogens with one attached hydrogen (secondary N) is 1. The van der Waals surface area contributed by atoms with Gasteiger partial charge in [0.2, 0.25) is 0 Å². The predicted molar refractivity (Wildman–Crippen MR) is 86.6 cm³/mol.